The molecule has 16 heavy (non-hydrogen) atoms. The van der Waals surface area contributed by atoms with Crippen molar-refractivity contribution in [2.75, 3.05) is 0 Å². The van der Waals surface area contributed by atoms with Crippen molar-refractivity contribution >= 4 is 22.5 Å². The number of aliphatic hydroxyl groups excluding tert-OH is 1. The Bertz CT molecular complexity index is 505. The Morgan fingerprint density at radius 3 is 2.81 bits per heavy atom. The van der Waals surface area contributed by atoms with E-state index in [9.17, 15) is 5.11 Å². The van der Waals surface area contributed by atoms with Crippen LogP contribution in [-0.4, -0.2) is 14.9 Å². The van der Waals surface area contributed by atoms with Crippen molar-refractivity contribution in [2.24, 2.45) is 5.92 Å². The molecule has 0 aliphatic carbocycles. The molecule has 0 atom stereocenters. The molecule has 0 fully saturated rings. The summed E-state index contributed by atoms with van der Waals surface area (Å²) in [5.74, 6) is 0.519. The number of rotatable bonds is 3. The van der Waals surface area contributed by atoms with Crippen molar-refractivity contribution in [3.05, 3.63) is 28.9 Å². The largest absolute Gasteiger partial charge is 0.392 e. The second kappa shape index (κ2) is 4.44. The van der Waals surface area contributed by atoms with Crippen LogP contribution in [0.2, 0.25) is 5.02 Å². The molecule has 4 heteroatoms. The minimum atomic E-state index is -0.0130. The molecule has 0 bridgehead atoms. The van der Waals surface area contributed by atoms with E-state index < -0.39 is 0 Å². The summed E-state index contributed by atoms with van der Waals surface area (Å²) < 4.78 is 1.93. The zero-order valence-corrected chi connectivity index (χ0v) is 10.2. The summed E-state index contributed by atoms with van der Waals surface area (Å²) >= 11 is 5.97. The lowest BCUT2D eigenvalue weighted by atomic mass is 10.1. The molecule has 3 nitrogen and oxygen atoms in total. The Balaban J connectivity index is 2.60. The highest BCUT2D eigenvalue weighted by molar-refractivity contribution is 6.31. The van der Waals surface area contributed by atoms with Crippen LogP contribution in [0.5, 0.6) is 0 Å². The highest BCUT2D eigenvalue weighted by atomic mass is 35.5. The lowest BCUT2D eigenvalue weighted by molar-refractivity contribution is 0.282. The van der Waals surface area contributed by atoms with Crippen LogP contribution in [0.25, 0.3) is 10.9 Å². The molecule has 1 heterocycles. The normalized spacial score (nSPS) is 11.6. The van der Waals surface area contributed by atoms with Crippen LogP contribution in [0.3, 0.4) is 0 Å². The Kier molecular flexibility index (Phi) is 3.17. The van der Waals surface area contributed by atoms with E-state index in [0.29, 0.717) is 10.9 Å². The van der Waals surface area contributed by atoms with Crippen LogP contribution in [-0.2, 0) is 13.2 Å². The summed E-state index contributed by atoms with van der Waals surface area (Å²) in [7, 11) is 0. The first kappa shape index (κ1) is 11.4. The molecule has 0 amide bonds. The van der Waals surface area contributed by atoms with E-state index in [4.69, 9.17) is 11.6 Å². The summed E-state index contributed by atoms with van der Waals surface area (Å²) in [4.78, 5) is 0. The fraction of sp³-hybridized carbons (Fsp3) is 0.417. The standard InChI is InChI=1S/C12H15ClN2O/c1-8(2)6-15-12-9(5-14-15)3-11(13)4-10(12)7-16/h3-5,8,16H,6-7H2,1-2H3. The molecule has 0 radical (unpaired) electrons. The van der Waals surface area contributed by atoms with Crippen LogP contribution in [0.1, 0.15) is 19.4 Å². The van der Waals surface area contributed by atoms with Gasteiger partial charge in [-0.25, -0.2) is 0 Å². The third kappa shape index (κ3) is 2.06. The molecule has 0 saturated carbocycles. The highest BCUT2D eigenvalue weighted by Crippen LogP contribution is 2.24. The van der Waals surface area contributed by atoms with Gasteiger partial charge in [0.05, 0.1) is 18.3 Å². The fourth-order valence-electron chi connectivity index (χ4n) is 1.89. The monoisotopic (exact) mass is 238 g/mol. The first-order valence-electron chi connectivity index (χ1n) is 5.36. The number of fused-ring (bicyclic) bond motifs is 1. The minimum absolute atomic E-state index is 0.0130. The maximum Gasteiger partial charge on any atom is 0.0738 e. The molecule has 0 spiro atoms. The minimum Gasteiger partial charge on any atom is -0.392 e. The molecule has 2 aromatic rings. The Hall–Kier alpha value is -1.06. The third-order valence-electron chi connectivity index (χ3n) is 2.49. The lowest BCUT2D eigenvalue weighted by Crippen LogP contribution is -2.07. The number of halogens is 1. The van der Waals surface area contributed by atoms with Gasteiger partial charge in [0, 0.05) is 22.5 Å². The zero-order chi connectivity index (χ0) is 11.7. The molecule has 1 N–H and O–H groups in total. The van der Waals surface area contributed by atoms with Crippen molar-refractivity contribution in [2.45, 2.75) is 27.0 Å². The van der Waals surface area contributed by atoms with Gasteiger partial charge >= 0.3 is 0 Å². The maximum absolute atomic E-state index is 9.34. The first-order chi connectivity index (χ1) is 7.61. The second-order valence-corrected chi connectivity index (χ2v) is 4.82. The van der Waals surface area contributed by atoms with Gasteiger partial charge in [-0.3, -0.25) is 4.68 Å². The molecule has 1 aromatic heterocycles. The number of hydrogen-bond acceptors (Lipinski definition) is 2. The van der Waals surface area contributed by atoms with E-state index in [1.54, 1.807) is 12.3 Å². The second-order valence-electron chi connectivity index (χ2n) is 4.38. The predicted octanol–water partition coefficient (Wildman–Crippen LogP) is 2.84. The zero-order valence-electron chi connectivity index (χ0n) is 9.44. The lowest BCUT2D eigenvalue weighted by Gasteiger charge is -2.09. The molecule has 0 aliphatic heterocycles. The molecule has 0 aliphatic rings. The SMILES string of the molecule is CC(C)Cn1ncc2cc(Cl)cc(CO)c21. The molecule has 0 unspecified atom stereocenters. The van der Waals surface area contributed by atoms with Crippen LogP contribution in [0, 0.1) is 5.92 Å². The van der Waals surface area contributed by atoms with Gasteiger partial charge in [0.15, 0.2) is 0 Å². The number of hydrogen-bond donors (Lipinski definition) is 1. The van der Waals surface area contributed by atoms with Gasteiger partial charge in [-0.15, -0.1) is 0 Å². The van der Waals surface area contributed by atoms with Crippen molar-refractivity contribution in [3.63, 3.8) is 0 Å². The summed E-state index contributed by atoms with van der Waals surface area (Å²) in [5.41, 5.74) is 1.82. The van der Waals surface area contributed by atoms with E-state index in [1.165, 1.54) is 0 Å². The van der Waals surface area contributed by atoms with Gasteiger partial charge in [0.25, 0.3) is 0 Å². The predicted molar refractivity (Wildman–Crippen MR) is 65.5 cm³/mol. The number of benzene rings is 1. The molecular weight excluding hydrogens is 224 g/mol. The van der Waals surface area contributed by atoms with E-state index >= 15 is 0 Å². The number of aliphatic hydroxyl groups is 1. The smallest absolute Gasteiger partial charge is 0.0738 e. The number of aromatic nitrogens is 2. The Morgan fingerprint density at radius 2 is 2.19 bits per heavy atom. The van der Waals surface area contributed by atoms with Crippen LogP contribution >= 0.6 is 11.6 Å². The maximum atomic E-state index is 9.34. The molecular formula is C12H15ClN2O. The summed E-state index contributed by atoms with van der Waals surface area (Å²) in [6, 6.07) is 3.67. The first-order valence-corrected chi connectivity index (χ1v) is 5.74. The molecule has 2 rings (SSSR count). The highest BCUT2D eigenvalue weighted by Gasteiger charge is 2.10. The van der Waals surface area contributed by atoms with Gasteiger partial charge in [-0.2, -0.15) is 5.10 Å². The summed E-state index contributed by atoms with van der Waals surface area (Å²) in [5, 5.41) is 15.3. The fourth-order valence-corrected chi connectivity index (χ4v) is 2.14. The van der Waals surface area contributed by atoms with Gasteiger partial charge in [0.2, 0.25) is 0 Å². The summed E-state index contributed by atoms with van der Waals surface area (Å²) in [6.45, 7) is 5.11. The van der Waals surface area contributed by atoms with Crippen molar-refractivity contribution in [3.8, 4) is 0 Å². The number of nitrogens with zero attached hydrogens (tertiary/aromatic N) is 2. The van der Waals surface area contributed by atoms with Crippen molar-refractivity contribution < 1.29 is 5.11 Å². The van der Waals surface area contributed by atoms with Gasteiger partial charge in [-0.1, -0.05) is 25.4 Å². The summed E-state index contributed by atoms with van der Waals surface area (Å²) in [6.07, 6.45) is 1.79. The average molecular weight is 239 g/mol. The third-order valence-corrected chi connectivity index (χ3v) is 2.70. The van der Waals surface area contributed by atoms with Gasteiger partial charge in [-0.05, 0) is 18.1 Å². The van der Waals surface area contributed by atoms with Crippen LogP contribution in [0.4, 0.5) is 0 Å². The molecule has 1 aromatic carbocycles. The van der Waals surface area contributed by atoms with E-state index in [0.717, 1.165) is 23.0 Å². The van der Waals surface area contributed by atoms with E-state index in [1.807, 2.05) is 10.7 Å². The Morgan fingerprint density at radius 1 is 1.44 bits per heavy atom. The molecule has 86 valence electrons. The Labute approximate surface area is 99.6 Å². The van der Waals surface area contributed by atoms with E-state index in [-0.39, 0.29) is 6.61 Å². The van der Waals surface area contributed by atoms with Gasteiger partial charge < -0.3 is 5.11 Å². The quantitative estimate of drug-likeness (QED) is 0.893. The van der Waals surface area contributed by atoms with Crippen molar-refractivity contribution in [1.82, 2.24) is 9.78 Å². The van der Waals surface area contributed by atoms with Gasteiger partial charge in [0.1, 0.15) is 0 Å². The van der Waals surface area contributed by atoms with E-state index in [2.05, 4.69) is 18.9 Å². The van der Waals surface area contributed by atoms with Crippen molar-refractivity contribution in [1.29, 1.82) is 0 Å². The topological polar surface area (TPSA) is 38.0 Å². The van der Waals surface area contributed by atoms with Crippen LogP contribution in [0.15, 0.2) is 18.3 Å². The molecule has 0 saturated heterocycles. The van der Waals surface area contributed by atoms with Crippen LogP contribution < -0.4 is 0 Å². The average Bonchev–Trinajstić information content (AvgIpc) is 2.59.